The zero-order valence-electron chi connectivity index (χ0n) is 8.63. The number of halogens is 1. The highest BCUT2D eigenvalue weighted by atomic mass is 35.5. The summed E-state index contributed by atoms with van der Waals surface area (Å²) in [6.45, 7) is 2.13. The summed E-state index contributed by atoms with van der Waals surface area (Å²) in [7, 11) is 0. The van der Waals surface area contributed by atoms with Crippen LogP contribution in [-0.2, 0) is 6.42 Å². The molecule has 2 aromatic rings. The molecule has 0 saturated carbocycles. The third-order valence-corrected chi connectivity index (χ3v) is 2.64. The van der Waals surface area contributed by atoms with Gasteiger partial charge in [0.1, 0.15) is 5.82 Å². The largest absolute Gasteiger partial charge is 0.383 e. The highest BCUT2D eigenvalue weighted by Gasteiger charge is 2.03. The minimum atomic E-state index is 0.631. The summed E-state index contributed by atoms with van der Waals surface area (Å²) in [5, 5.41) is 1.79. The van der Waals surface area contributed by atoms with E-state index in [-0.39, 0.29) is 0 Å². The van der Waals surface area contributed by atoms with E-state index in [9.17, 15) is 0 Å². The number of nitrogen functional groups attached to an aromatic ring is 1. The number of hydrogen-bond acceptors (Lipinski definition) is 2. The van der Waals surface area contributed by atoms with E-state index in [0.717, 1.165) is 34.3 Å². The monoisotopic (exact) mass is 220 g/mol. The highest BCUT2D eigenvalue weighted by molar-refractivity contribution is 6.31. The molecule has 2 N–H and O–H groups in total. The third kappa shape index (κ3) is 2.05. The van der Waals surface area contributed by atoms with E-state index in [1.54, 1.807) is 0 Å². The van der Waals surface area contributed by atoms with Crippen LogP contribution in [0.5, 0.6) is 0 Å². The molecule has 0 fully saturated rings. The molecule has 1 aromatic carbocycles. The molecule has 0 aliphatic carbocycles. The van der Waals surface area contributed by atoms with Gasteiger partial charge in [0.05, 0.1) is 5.52 Å². The Balaban J connectivity index is 2.61. The van der Waals surface area contributed by atoms with Crippen molar-refractivity contribution < 1.29 is 0 Å². The highest BCUT2D eigenvalue weighted by Crippen LogP contribution is 2.22. The van der Waals surface area contributed by atoms with E-state index in [1.807, 2.05) is 18.2 Å². The molecule has 0 bridgehead atoms. The Kier molecular flexibility index (Phi) is 2.78. The van der Waals surface area contributed by atoms with Gasteiger partial charge >= 0.3 is 0 Å². The number of fused-ring (bicyclic) bond motifs is 1. The summed E-state index contributed by atoms with van der Waals surface area (Å²) < 4.78 is 0. The number of nitrogens with two attached hydrogens (primary N) is 1. The van der Waals surface area contributed by atoms with Gasteiger partial charge in [-0.15, -0.1) is 0 Å². The van der Waals surface area contributed by atoms with Gasteiger partial charge in [-0.3, -0.25) is 0 Å². The van der Waals surface area contributed by atoms with Crippen LogP contribution in [0.25, 0.3) is 10.9 Å². The van der Waals surface area contributed by atoms with E-state index >= 15 is 0 Å². The van der Waals surface area contributed by atoms with Crippen molar-refractivity contribution in [3.63, 3.8) is 0 Å². The number of nitrogens with zero attached hydrogens (tertiary/aromatic N) is 1. The molecule has 0 saturated heterocycles. The number of hydrogen-bond donors (Lipinski definition) is 1. The molecular formula is C12H13ClN2. The maximum atomic E-state index is 5.93. The van der Waals surface area contributed by atoms with Crippen LogP contribution in [0.2, 0.25) is 5.02 Å². The van der Waals surface area contributed by atoms with Crippen molar-refractivity contribution in [2.24, 2.45) is 0 Å². The molecule has 0 aliphatic heterocycles. The third-order valence-electron chi connectivity index (χ3n) is 2.41. The SMILES string of the molecule is CCCc1cc2cc(Cl)ccc2nc1N. The number of aromatic nitrogens is 1. The van der Waals surface area contributed by atoms with Crippen molar-refractivity contribution in [1.29, 1.82) is 0 Å². The Hall–Kier alpha value is -1.28. The Bertz CT molecular complexity index is 494. The normalized spacial score (nSPS) is 10.8. The lowest BCUT2D eigenvalue weighted by molar-refractivity contribution is 0.921. The van der Waals surface area contributed by atoms with Crippen LogP contribution in [0.1, 0.15) is 18.9 Å². The van der Waals surface area contributed by atoms with Crippen LogP contribution in [0.4, 0.5) is 5.82 Å². The van der Waals surface area contributed by atoms with Crippen LogP contribution < -0.4 is 5.73 Å². The molecule has 2 nitrogen and oxygen atoms in total. The lowest BCUT2D eigenvalue weighted by Gasteiger charge is -2.06. The van der Waals surface area contributed by atoms with E-state index in [2.05, 4.69) is 18.0 Å². The second-order valence-corrected chi connectivity index (χ2v) is 4.06. The Morgan fingerprint density at radius 1 is 1.33 bits per heavy atom. The molecule has 15 heavy (non-hydrogen) atoms. The zero-order chi connectivity index (χ0) is 10.8. The fourth-order valence-electron chi connectivity index (χ4n) is 1.68. The second-order valence-electron chi connectivity index (χ2n) is 3.62. The van der Waals surface area contributed by atoms with Crippen molar-refractivity contribution in [3.8, 4) is 0 Å². The quantitative estimate of drug-likeness (QED) is 0.842. The molecular weight excluding hydrogens is 208 g/mol. The molecule has 3 heteroatoms. The van der Waals surface area contributed by atoms with E-state index in [0.29, 0.717) is 5.82 Å². The minimum Gasteiger partial charge on any atom is -0.383 e. The number of benzene rings is 1. The second kappa shape index (κ2) is 4.07. The summed E-state index contributed by atoms with van der Waals surface area (Å²) in [4.78, 5) is 4.35. The summed E-state index contributed by atoms with van der Waals surface area (Å²) in [5.41, 5.74) is 7.87. The standard InChI is InChI=1S/C12H13ClN2/c1-2-3-8-6-9-7-10(13)4-5-11(9)15-12(8)14/h4-7H,2-3H2,1H3,(H2,14,15). The summed E-state index contributed by atoms with van der Waals surface area (Å²) in [6.07, 6.45) is 2.03. The molecule has 0 atom stereocenters. The minimum absolute atomic E-state index is 0.631. The fourth-order valence-corrected chi connectivity index (χ4v) is 1.86. The number of aryl methyl sites for hydroxylation is 1. The van der Waals surface area contributed by atoms with Crippen molar-refractivity contribution in [3.05, 3.63) is 34.9 Å². The first-order chi connectivity index (χ1) is 7.20. The molecule has 2 rings (SSSR count). The fraction of sp³-hybridized carbons (Fsp3) is 0.250. The number of pyridine rings is 1. The summed E-state index contributed by atoms with van der Waals surface area (Å²) in [5.74, 6) is 0.631. The predicted octanol–water partition coefficient (Wildman–Crippen LogP) is 3.42. The first-order valence-electron chi connectivity index (χ1n) is 5.05. The first kappa shape index (κ1) is 10.2. The molecule has 1 aromatic heterocycles. The molecule has 0 radical (unpaired) electrons. The summed E-state index contributed by atoms with van der Waals surface area (Å²) in [6, 6.07) is 7.72. The Morgan fingerprint density at radius 3 is 2.87 bits per heavy atom. The topological polar surface area (TPSA) is 38.9 Å². The summed E-state index contributed by atoms with van der Waals surface area (Å²) >= 11 is 5.93. The maximum Gasteiger partial charge on any atom is 0.127 e. The number of rotatable bonds is 2. The van der Waals surface area contributed by atoms with Gasteiger partial charge in [0.15, 0.2) is 0 Å². The van der Waals surface area contributed by atoms with Gasteiger partial charge in [-0.25, -0.2) is 4.98 Å². The van der Waals surface area contributed by atoms with Gasteiger partial charge in [0, 0.05) is 10.4 Å². The van der Waals surface area contributed by atoms with Crippen LogP contribution in [0.3, 0.4) is 0 Å². The van der Waals surface area contributed by atoms with Crippen LogP contribution in [-0.4, -0.2) is 4.98 Å². The maximum absolute atomic E-state index is 5.93. The van der Waals surface area contributed by atoms with Gasteiger partial charge in [-0.2, -0.15) is 0 Å². The van der Waals surface area contributed by atoms with Gasteiger partial charge in [-0.1, -0.05) is 24.9 Å². The van der Waals surface area contributed by atoms with Gasteiger partial charge in [0.25, 0.3) is 0 Å². The Morgan fingerprint density at radius 2 is 2.13 bits per heavy atom. The predicted molar refractivity (Wildman–Crippen MR) is 65.2 cm³/mol. The molecule has 0 unspecified atom stereocenters. The lowest BCUT2D eigenvalue weighted by Crippen LogP contribution is -1.98. The lowest BCUT2D eigenvalue weighted by atomic mass is 10.1. The van der Waals surface area contributed by atoms with Crippen molar-refractivity contribution in [2.45, 2.75) is 19.8 Å². The average molecular weight is 221 g/mol. The van der Waals surface area contributed by atoms with Gasteiger partial charge in [0.2, 0.25) is 0 Å². The van der Waals surface area contributed by atoms with Gasteiger partial charge in [-0.05, 0) is 36.2 Å². The molecule has 1 heterocycles. The smallest absolute Gasteiger partial charge is 0.127 e. The van der Waals surface area contributed by atoms with Gasteiger partial charge < -0.3 is 5.73 Å². The van der Waals surface area contributed by atoms with Crippen LogP contribution in [0, 0.1) is 0 Å². The van der Waals surface area contributed by atoms with E-state index in [4.69, 9.17) is 17.3 Å². The molecule has 78 valence electrons. The van der Waals surface area contributed by atoms with Crippen LogP contribution >= 0.6 is 11.6 Å². The molecule has 0 amide bonds. The van der Waals surface area contributed by atoms with Crippen molar-refractivity contribution in [2.75, 3.05) is 5.73 Å². The molecule has 0 spiro atoms. The van der Waals surface area contributed by atoms with Crippen LogP contribution in [0.15, 0.2) is 24.3 Å². The van der Waals surface area contributed by atoms with Crippen molar-refractivity contribution >= 4 is 28.3 Å². The van der Waals surface area contributed by atoms with Crippen molar-refractivity contribution in [1.82, 2.24) is 4.98 Å². The zero-order valence-corrected chi connectivity index (χ0v) is 9.38. The number of anilines is 1. The van der Waals surface area contributed by atoms with E-state index < -0.39 is 0 Å². The Labute approximate surface area is 94.1 Å². The molecule has 0 aliphatic rings. The first-order valence-corrected chi connectivity index (χ1v) is 5.43. The van der Waals surface area contributed by atoms with E-state index in [1.165, 1.54) is 0 Å². The average Bonchev–Trinajstić information content (AvgIpc) is 2.20.